The Hall–Kier alpha value is -1.06. The summed E-state index contributed by atoms with van der Waals surface area (Å²) in [7, 11) is 0. The Bertz CT molecular complexity index is 442. The van der Waals surface area contributed by atoms with Gasteiger partial charge in [-0.15, -0.1) is 0 Å². The standard InChI is InChI=1S/C16H23NO2/c1-11-5-8-15(19-16-4-2-3-14(16)18)12(9-11)10-17-13-6-7-13/h5,8-9,13-14,16-18H,2-4,6-7,10H2,1H3. The molecule has 0 spiro atoms. The van der Waals surface area contributed by atoms with Crippen molar-refractivity contribution >= 4 is 0 Å². The van der Waals surface area contributed by atoms with Gasteiger partial charge in [-0.3, -0.25) is 0 Å². The molecule has 2 atom stereocenters. The lowest BCUT2D eigenvalue weighted by Crippen LogP contribution is -2.26. The first kappa shape index (κ1) is 12.9. The second kappa shape index (κ2) is 5.51. The summed E-state index contributed by atoms with van der Waals surface area (Å²) in [6, 6.07) is 7.01. The maximum Gasteiger partial charge on any atom is 0.124 e. The van der Waals surface area contributed by atoms with Crippen LogP contribution >= 0.6 is 0 Å². The van der Waals surface area contributed by atoms with E-state index in [0.717, 1.165) is 31.6 Å². The summed E-state index contributed by atoms with van der Waals surface area (Å²) < 4.78 is 6.04. The average molecular weight is 261 g/mol. The molecule has 3 heteroatoms. The molecule has 0 radical (unpaired) electrons. The minimum atomic E-state index is -0.300. The number of nitrogens with one attached hydrogen (secondary N) is 1. The van der Waals surface area contributed by atoms with Crippen molar-refractivity contribution in [3.63, 3.8) is 0 Å². The summed E-state index contributed by atoms with van der Waals surface area (Å²) in [4.78, 5) is 0. The molecule has 2 aliphatic carbocycles. The van der Waals surface area contributed by atoms with Gasteiger partial charge < -0.3 is 15.2 Å². The summed E-state index contributed by atoms with van der Waals surface area (Å²) >= 11 is 0. The molecule has 19 heavy (non-hydrogen) atoms. The van der Waals surface area contributed by atoms with Gasteiger partial charge in [0.15, 0.2) is 0 Å². The number of aliphatic hydroxyl groups is 1. The smallest absolute Gasteiger partial charge is 0.124 e. The van der Waals surface area contributed by atoms with E-state index in [4.69, 9.17) is 4.74 Å². The van der Waals surface area contributed by atoms with Crippen molar-refractivity contribution in [2.45, 2.75) is 63.8 Å². The first-order valence-corrected chi connectivity index (χ1v) is 7.40. The monoisotopic (exact) mass is 261 g/mol. The molecule has 0 bridgehead atoms. The Morgan fingerprint density at radius 1 is 1.26 bits per heavy atom. The molecule has 2 unspecified atom stereocenters. The highest BCUT2D eigenvalue weighted by molar-refractivity contribution is 5.37. The van der Waals surface area contributed by atoms with Crippen LogP contribution in [-0.4, -0.2) is 23.4 Å². The van der Waals surface area contributed by atoms with Crippen molar-refractivity contribution in [2.24, 2.45) is 0 Å². The third kappa shape index (κ3) is 3.28. The largest absolute Gasteiger partial charge is 0.487 e. The van der Waals surface area contributed by atoms with Crippen LogP contribution in [-0.2, 0) is 6.54 Å². The lowest BCUT2D eigenvalue weighted by atomic mass is 10.1. The molecule has 0 saturated heterocycles. The number of aryl methyl sites for hydroxylation is 1. The molecule has 2 saturated carbocycles. The molecule has 1 aromatic carbocycles. The van der Waals surface area contributed by atoms with Crippen molar-refractivity contribution in [3.05, 3.63) is 29.3 Å². The van der Waals surface area contributed by atoms with E-state index in [0.29, 0.717) is 6.04 Å². The van der Waals surface area contributed by atoms with E-state index >= 15 is 0 Å². The molecule has 3 nitrogen and oxygen atoms in total. The van der Waals surface area contributed by atoms with Gasteiger partial charge in [-0.1, -0.05) is 17.7 Å². The molecular formula is C16H23NO2. The van der Waals surface area contributed by atoms with Gasteiger partial charge in [-0.2, -0.15) is 0 Å². The van der Waals surface area contributed by atoms with Crippen LogP contribution in [0.2, 0.25) is 0 Å². The zero-order valence-corrected chi connectivity index (χ0v) is 11.6. The summed E-state index contributed by atoms with van der Waals surface area (Å²) in [5.74, 6) is 0.935. The predicted octanol–water partition coefficient (Wildman–Crippen LogP) is 2.54. The maximum atomic E-state index is 9.88. The molecule has 2 N–H and O–H groups in total. The lowest BCUT2D eigenvalue weighted by Gasteiger charge is -2.20. The van der Waals surface area contributed by atoms with Crippen molar-refractivity contribution in [2.75, 3.05) is 0 Å². The van der Waals surface area contributed by atoms with Crippen LogP contribution in [0.3, 0.4) is 0 Å². The van der Waals surface area contributed by atoms with Gasteiger partial charge in [-0.25, -0.2) is 0 Å². The highest BCUT2D eigenvalue weighted by Gasteiger charge is 2.27. The highest BCUT2D eigenvalue weighted by atomic mass is 16.5. The van der Waals surface area contributed by atoms with Crippen LogP contribution in [0.15, 0.2) is 18.2 Å². The van der Waals surface area contributed by atoms with Crippen molar-refractivity contribution in [1.29, 1.82) is 0 Å². The van der Waals surface area contributed by atoms with Crippen molar-refractivity contribution in [1.82, 2.24) is 5.32 Å². The van der Waals surface area contributed by atoms with Crippen LogP contribution in [0.1, 0.15) is 43.2 Å². The summed E-state index contributed by atoms with van der Waals surface area (Å²) in [6.07, 6.45) is 5.16. The number of hydrogen-bond acceptors (Lipinski definition) is 3. The Balaban J connectivity index is 1.70. The second-order valence-corrected chi connectivity index (χ2v) is 5.92. The zero-order valence-electron chi connectivity index (χ0n) is 11.6. The van der Waals surface area contributed by atoms with Crippen LogP contribution < -0.4 is 10.1 Å². The summed E-state index contributed by atoms with van der Waals surface area (Å²) in [5.41, 5.74) is 2.47. The highest BCUT2D eigenvalue weighted by Crippen LogP contribution is 2.28. The molecule has 1 aromatic rings. The van der Waals surface area contributed by atoms with Crippen LogP contribution in [0.25, 0.3) is 0 Å². The SMILES string of the molecule is Cc1ccc(OC2CCCC2O)c(CNC2CC2)c1. The molecule has 0 amide bonds. The molecule has 0 aliphatic heterocycles. The third-order valence-electron chi connectivity index (χ3n) is 4.07. The molecule has 0 aromatic heterocycles. The number of rotatable bonds is 5. The fourth-order valence-corrected chi connectivity index (χ4v) is 2.71. The van der Waals surface area contributed by atoms with E-state index in [1.54, 1.807) is 0 Å². The molecule has 2 aliphatic rings. The Kier molecular flexibility index (Phi) is 3.76. The Morgan fingerprint density at radius 2 is 2.11 bits per heavy atom. The predicted molar refractivity (Wildman–Crippen MR) is 75.3 cm³/mol. The van der Waals surface area contributed by atoms with Crippen molar-refractivity contribution in [3.8, 4) is 5.75 Å². The minimum absolute atomic E-state index is 0.0256. The minimum Gasteiger partial charge on any atom is -0.487 e. The van der Waals surface area contributed by atoms with E-state index in [1.807, 2.05) is 6.07 Å². The quantitative estimate of drug-likeness (QED) is 0.856. The zero-order chi connectivity index (χ0) is 13.2. The van der Waals surface area contributed by atoms with Crippen LogP contribution in [0.5, 0.6) is 5.75 Å². The van der Waals surface area contributed by atoms with Crippen LogP contribution in [0, 0.1) is 6.92 Å². The van der Waals surface area contributed by atoms with E-state index in [9.17, 15) is 5.11 Å². The number of aliphatic hydroxyl groups excluding tert-OH is 1. The molecule has 3 rings (SSSR count). The first-order chi connectivity index (χ1) is 9.22. The molecule has 104 valence electrons. The van der Waals surface area contributed by atoms with E-state index in [-0.39, 0.29) is 12.2 Å². The average Bonchev–Trinajstić information content (AvgIpc) is 3.14. The number of ether oxygens (including phenoxy) is 1. The fraction of sp³-hybridized carbons (Fsp3) is 0.625. The number of hydrogen-bond donors (Lipinski definition) is 2. The number of benzene rings is 1. The molecule has 2 fully saturated rings. The van der Waals surface area contributed by atoms with E-state index in [2.05, 4.69) is 24.4 Å². The molecule has 0 heterocycles. The van der Waals surface area contributed by atoms with E-state index in [1.165, 1.54) is 24.0 Å². The van der Waals surface area contributed by atoms with E-state index < -0.39 is 0 Å². The second-order valence-electron chi connectivity index (χ2n) is 5.92. The maximum absolute atomic E-state index is 9.88. The fourth-order valence-electron chi connectivity index (χ4n) is 2.71. The van der Waals surface area contributed by atoms with Gasteiger partial charge in [0.2, 0.25) is 0 Å². The Morgan fingerprint density at radius 3 is 2.79 bits per heavy atom. The summed E-state index contributed by atoms with van der Waals surface area (Å²) in [5, 5.41) is 13.4. The van der Waals surface area contributed by atoms with Gasteiger partial charge >= 0.3 is 0 Å². The Labute approximate surface area is 115 Å². The first-order valence-electron chi connectivity index (χ1n) is 7.40. The lowest BCUT2D eigenvalue weighted by molar-refractivity contribution is 0.0597. The topological polar surface area (TPSA) is 41.5 Å². The van der Waals surface area contributed by atoms with Gasteiger partial charge in [0.25, 0.3) is 0 Å². The van der Waals surface area contributed by atoms with Gasteiger partial charge in [0.05, 0.1) is 6.10 Å². The normalized spacial score (nSPS) is 26.6. The third-order valence-corrected chi connectivity index (χ3v) is 4.07. The van der Waals surface area contributed by atoms with Crippen LogP contribution in [0.4, 0.5) is 0 Å². The van der Waals surface area contributed by atoms with Gasteiger partial charge in [0, 0.05) is 18.2 Å². The van der Waals surface area contributed by atoms with Crippen molar-refractivity contribution < 1.29 is 9.84 Å². The molecular weight excluding hydrogens is 238 g/mol. The van der Waals surface area contributed by atoms with Gasteiger partial charge in [0.1, 0.15) is 11.9 Å². The summed E-state index contributed by atoms with van der Waals surface area (Å²) in [6.45, 7) is 2.97. The van der Waals surface area contributed by atoms with Gasteiger partial charge in [-0.05, 0) is 45.1 Å².